The largest absolute Gasteiger partial charge is 0.478 e. The predicted octanol–water partition coefficient (Wildman–Crippen LogP) is 2.59. The van der Waals surface area contributed by atoms with Gasteiger partial charge in [0.05, 0.1) is 23.8 Å². The summed E-state index contributed by atoms with van der Waals surface area (Å²) in [5.41, 5.74) is 1.29. The molecule has 1 heterocycles. The van der Waals surface area contributed by atoms with Crippen LogP contribution in [0.15, 0.2) is 18.2 Å². The van der Waals surface area contributed by atoms with Gasteiger partial charge in [0.1, 0.15) is 0 Å². The highest BCUT2D eigenvalue weighted by atomic mass is 16.5. The van der Waals surface area contributed by atoms with Gasteiger partial charge in [0.15, 0.2) is 0 Å². The third kappa shape index (κ3) is 3.81. The Morgan fingerprint density at radius 3 is 2.85 bits per heavy atom. The third-order valence-electron chi connectivity index (χ3n) is 3.37. The maximum atomic E-state index is 12.0. The van der Waals surface area contributed by atoms with Gasteiger partial charge in [-0.1, -0.05) is 11.6 Å². The molecule has 1 fully saturated rings. The van der Waals surface area contributed by atoms with E-state index in [1.165, 1.54) is 0 Å². The molecule has 2 rings (SSSR count). The number of benzene rings is 1. The van der Waals surface area contributed by atoms with Crippen molar-refractivity contribution >= 4 is 17.6 Å². The lowest BCUT2D eigenvalue weighted by atomic mass is 10.1. The summed E-state index contributed by atoms with van der Waals surface area (Å²) in [6, 6.07) is 4.95. The van der Waals surface area contributed by atoms with Gasteiger partial charge >= 0.3 is 5.97 Å². The van der Waals surface area contributed by atoms with Crippen LogP contribution in [-0.2, 0) is 9.53 Å². The minimum absolute atomic E-state index is 0.0533. The molecule has 5 nitrogen and oxygen atoms in total. The molecule has 0 aliphatic carbocycles. The fourth-order valence-corrected chi connectivity index (χ4v) is 2.32. The molecule has 20 heavy (non-hydrogen) atoms. The Morgan fingerprint density at radius 2 is 2.20 bits per heavy atom. The SMILES string of the molecule is Cc1ccc(NC(=O)CC2CCCCO2)c(C(=O)O)c1. The summed E-state index contributed by atoms with van der Waals surface area (Å²) in [6.45, 7) is 2.51. The van der Waals surface area contributed by atoms with Crippen LogP contribution in [0.5, 0.6) is 0 Å². The molecule has 1 aromatic carbocycles. The van der Waals surface area contributed by atoms with Crippen molar-refractivity contribution in [1.29, 1.82) is 0 Å². The van der Waals surface area contributed by atoms with E-state index in [9.17, 15) is 9.59 Å². The van der Waals surface area contributed by atoms with Crippen LogP contribution in [0.4, 0.5) is 5.69 Å². The first-order valence-electron chi connectivity index (χ1n) is 6.81. The quantitative estimate of drug-likeness (QED) is 0.887. The van der Waals surface area contributed by atoms with Crippen LogP contribution in [0.1, 0.15) is 41.6 Å². The lowest BCUT2D eigenvalue weighted by Gasteiger charge is -2.22. The summed E-state index contributed by atoms with van der Waals surface area (Å²) in [6.07, 6.45) is 3.21. The molecule has 1 atom stereocenters. The normalized spacial score (nSPS) is 18.6. The summed E-state index contributed by atoms with van der Waals surface area (Å²) in [5.74, 6) is -1.25. The zero-order chi connectivity index (χ0) is 14.5. The number of carbonyl (C=O) groups is 2. The molecule has 1 aromatic rings. The monoisotopic (exact) mass is 277 g/mol. The van der Waals surface area contributed by atoms with Gasteiger partial charge in [0.25, 0.3) is 0 Å². The number of amides is 1. The van der Waals surface area contributed by atoms with E-state index >= 15 is 0 Å². The lowest BCUT2D eigenvalue weighted by Crippen LogP contribution is -2.26. The van der Waals surface area contributed by atoms with Crippen molar-refractivity contribution in [1.82, 2.24) is 0 Å². The van der Waals surface area contributed by atoms with E-state index in [4.69, 9.17) is 9.84 Å². The molecule has 0 spiro atoms. The van der Waals surface area contributed by atoms with Gasteiger partial charge in [-0.3, -0.25) is 4.79 Å². The van der Waals surface area contributed by atoms with Crippen LogP contribution in [-0.4, -0.2) is 29.7 Å². The van der Waals surface area contributed by atoms with Gasteiger partial charge in [0.2, 0.25) is 5.91 Å². The molecule has 1 amide bonds. The number of carboxylic acids is 1. The van der Waals surface area contributed by atoms with E-state index in [1.54, 1.807) is 18.2 Å². The molecule has 108 valence electrons. The van der Waals surface area contributed by atoms with Crippen molar-refractivity contribution < 1.29 is 19.4 Å². The Morgan fingerprint density at radius 1 is 1.40 bits per heavy atom. The Kier molecular flexibility index (Phi) is 4.74. The molecule has 0 aromatic heterocycles. The predicted molar refractivity (Wildman–Crippen MR) is 75.0 cm³/mol. The van der Waals surface area contributed by atoms with Gasteiger partial charge in [-0.15, -0.1) is 0 Å². The Hall–Kier alpha value is -1.88. The second-order valence-corrected chi connectivity index (χ2v) is 5.10. The maximum absolute atomic E-state index is 12.0. The number of anilines is 1. The number of hydrogen-bond acceptors (Lipinski definition) is 3. The van der Waals surface area contributed by atoms with Crippen molar-refractivity contribution in [3.8, 4) is 0 Å². The van der Waals surface area contributed by atoms with Gasteiger partial charge in [-0.05, 0) is 38.3 Å². The highest BCUT2D eigenvalue weighted by molar-refractivity contribution is 6.00. The maximum Gasteiger partial charge on any atom is 0.337 e. The van der Waals surface area contributed by atoms with E-state index < -0.39 is 5.97 Å². The van der Waals surface area contributed by atoms with Crippen molar-refractivity contribution in [2.45, 2.75) is 38.7 Å². The van der Waals surface area contributed by atoms with Gasteiger partial charge in [0, 0.05) is 6.61 Å². The minimum atomic E-state index is -1.04. The molecule has 2 N–H and O–H groups in total. The van der Waals surface area contributed by atoms with Crippen LogP contribution < -0.4 is 5.32 Å². The highest BCUT2D eigenvalue weighted by Crippen LogP contribution is 2.20. The van der Waals surface area contributed by atoms with Gasteiger partial charge < -0.3 is 15.2 Å². The van der Waals surface area contributed by atoms with Crippen LogP contribution in [0.2, 0.25) is 0 Å². The first-order valence-corrected chi connectivity index (χ1v) is 6.81. The summed E-state index contributed by atoms with van der Waals surface area (Å²) < 4.78 is 5.51. The number of rotatable bonds is 4. The van der Waals surface area contributed by atoms with E-state index in [2.05, 4.69) is 5.32 Å². The average molecular weight is 277 g/mol. The van der Waals surface area contributed by atoms with Crippen LogP contribution in [0.3, 0.4) is 0 Å². The van der Waals surface area contributed by atoms with Gasteiger partial charge in [-0.2, -0.15) is 0 Å². The summed E-state index contributed by atoms with van der Waals surface area (Å²) in [4.78, 5) is 23.1. The van der Waals surface area contributed by atoms with Crippen LogP contribution in [0, 0.1) is 6.92 Å². The minimum Gasteiger partial charge on any atom is -0.478 e. The van der Waals surface area contributed by atoms with Gasteiger partial charge in [-0.25, -0.2) is 4.79 Å². The summed E-state index contributed by atoms with van der Waals surface area (Å²) >= 11 is 0. The molecule has 0 radical (unpaired) electrons. The smallest absolute Gasteiger partial charge is 0.337 e. The third-order valence-corrected chi connectivity index (χ3v) is 3.37. The van der Waals surface area contributed by atoms with Crippen molar-refractivity contribution in [2.24, 2.45) is 0 Å². The topological polar surface area (TPSA) is 75.6 Å². The lowest BCUT2D eigenvalue weighted by molar-refractivity contribution is -0.119. The van der Waals surface area contributed by atoms with Crippen LogP contribution in [0.25, 0.3) is 0 Å². The Bertz CT molecular complexity index is 507. The number of hydrogen-bond donors (Lipinski definition) is 2. The number of aryl methyl sites for hydroxylation is 1. The fourth-order valence-electron chi connectivity index (χ4n) is 2.32. The molecule has 1 saturated heterocycles. The Balaban J connectivity index is 2.01. The summed E-state index contributed by atoms with van der Waals surface area (Å²) in [5, 5.41) is 11.8. The Labute approximate surface area is 117 Å². The molecular weight excluding hydrogens is 258 g/mol. The number of ether oxygens (including phenoxy) is 1. The van der Waals surface area contributed by atoms with Crippen molar-refractivity contribution in [3.05, 3.63) is 29.3 Å². The first-order chi connectivity index (χ1) is 9.56. The first kappa shape index (κ1) is 14.5. The molecule has 1 aliphatic heterocycles. The molecule has 0 bridgehead atoms. The number of nitrogens with one attached hydrogen (secondary N) is 1. The average Bonchev–Trinajstić information content (AvgIpc) is 2.41. The number of carbonyl (C=O) groups excluding carboxylic acids is 1. The molecular formula is C15H19NO4. The van der Waals surface area contributed by atoms with Crippen LogP contribution >= 0.6 is 0 Å². The van der Waals surface area contributed by atoms with Crippen molar-refractivity contribution in [2.75, 3.05) is 11.9 Å². The fraction of sp³-hybridized carbons (Fsp3) is 0.467. The van der Waals surface area contributed by atoms with E-state index in [1.807, 2.05) is 6.92 Å². The zero-order valence-electron chi connectivity index (χ0n) is 11.5. The number of carboxylic acid groups (broad SMARTS) is 1. The second-order valence-electron chi connectivity index (χ2n) is 5.10. The molecule has 0 saturated carbocycles. The second kappa shape index (κ2) is 6.52. The molecule has 1 unspecified atom stereocenters. The summed E-state index contributed by atoms with van der Waals surface area (Å²) in [7, 11) is 0. The highest BCUT2D eigenvalue weighted by Gasteiger charge is 2.19. The van der Waals surface area contributed by atoms with Crippen molar-refractivity contribution in [3.63, 3.8) is 0 Å². The van der Waals surface area contributed by atoms with E-state index in [0.29, 0.717) is 12.3 Å². The number of aromatic carboxylic acids is 1. The molecule has 1 aliphatic rings. The van der Waals surface area contributed by atoms with E-state index in [0.717, 1.165) is 24.8 Å². The zero-order valence-corrected chi connectivity index (χ0v) is 11.5. The standard InChI is InChI=1S/C15H19NO4/c1-10-5-6-13(12(8-10)15(18)19)16-14(17)9-11-4-2-3-7-20-11/h5-6,8,11H,2-4,7,9H2,1H3,(H,16,17)(H,18,19). The molecule has 5 heteroatoms. The van der Waals surface area contributed by atoms with E-state index in [-0.39, 0.29) is 24.0 Å².